The summed E-state index contributed by atoms with van der Waals surface area (Å²) in [5, 5.41) is 0.751. The number of aryl methyl sites for hydroxylation is 1. The Bertz CT molecular complexity index is 1220. The van der Waals surface area contributed by atoms with Gasteiger partial charge in [-0.3, -0.25) is 14.6 Å². The van der Waals surface area contributed by atoms with Crippen LogP contribution in [0.4, 0.5) is 5.69 Å². The van der Waals surface area contributed by atoms with Crippen molar-refractivity contribution in [3.63, 3.8) is 0 Å². The molecular formula is C27H29N5O2S. The number of carbonyl (C=O) groups is 2. The lowest BCUT2D eigenvalue weighted by Gasteiger charge is -2.33. The molecule has 2 aliphatic rings. The van der Waals surface area contributed by atoms with E-state index in [1.807, 2.05) is 60.6 Å². The van der Waals surface area contributed by atoms with Gasteiger partial charge in [-0.2, -0.15) is 0 Å². The first-order valence-corrected chi connectivity index (χ1v) is 13.1. The molecule has 35 heavy (non-hydrogen) atoms. The number of thioether (sulfide) groups is 1. The first-order valence-electron chi connectivity index (χ1n) is 12.1. The predicted octanol–water partition coefficient (Wildman–Crippen LogP) is 4.62. The van der Waals surface area contributed by atoms with Gasteiger partial charge in [0.25, 0.3) is 5.91 Å². The summed E-state index contributed by atoms with van der Waals surface area (Å²) in [4.78, 5) is 42.9. The van der Waals surface area contributed by atoms with Crippen LogP contribution < -0.4 is 4.90 Å². The Balaban J connectivity index is 1.29. The van der Waals surface area contributed by atoms with Gasteiger partial charge in [-0.25, -0.2) is 9.97 Å². The van der Waals surface area contributed by atoms with E-state index >= 15 is 0 Å². The molecule has 8 heteroatoms. The van der Waals surface area contributed by atoms with Gasteiger partial charge in [0.1, 0.15) is 0 Å². The van der Waals surface area contributed by atoms with E-state index in [9.17, 15) is 9.59 Å². The summed E-state index contributed by atoms with van der Waals surface area (Å²) in [6.07, 6.45) is 8.90. The lowest BCUT2D eigenvalue weighted by molar-refractivity contribution is -0.117. The van der Waals surface area contributed by atoms with Crippen molar-refractivity contribution < 1.29 is 9.59 Å². The van der Waals surface area contributed by atoms with Crippen LogP contribution in [0, 0.1) is 6.92 Å². The van der Waals surface area contributed by atoms with E-state index < -0.39 is 0 Å². The smallest absolute Gasteiger partial charge is 0.253 e. The lowest BCUT2D eigenvalue weighted by Crippen LogP contribution is -2.39. The van der Waals surface area contributed by atoms with Crippen LogP contribution in [0.1, 0.15) is 58.8 Å². The fourth-order valence-corrected chi connectivity index (χ4v) is 5.60. The monoisotopic (exact) mass is 487 g/mol. The average molecular weight is 488 g/mol. The van der Waals surface area contributed by atoms with Gasteiger partial charge in [0.05, 0.1) is 5.69 Å². The SMILES string of the molecule is Cc1cnc(SCc2cccnc2)nc1[C@@H]1CCCN(C(=O)c2cccc(N3CCCC3=O)c2)C1. The molecule has 2 aliphatic heterocycles. The van der Waals surface area contributed by atoms with E-state index in [1.165, 1.54) is 0 Å². The summed E-state index contributed by atoms with van der Waals surface area (Å²) in [6, 6.07) is 11.5. The van der Waals surface area contributed by atoms with Crippen LogP contribution in [0.25, 0.3) is 0 Å². The maximum atomic E-state index is 13.4. The first-order chi connectivity index (χ1) is 17.1. The van der Waals surface area contributed by atoms with Crippen molar-refractivity contribution >= 4 is 29.3 Å². The highest BCUT2D eigenvalue weighted by Gasteiger charge is 2.29. The minimum atomic E-state index is 0.0149. The van der Waals surface area contributed by atoms with Crippen molar-refractivity contribution in [3.05, 3.63) is 77.4 Å². The number of hydrogen-bond donors (Lipinski definition) is 0. The summed E-state index contributed by atoms with van der Waals surface area (Å²) in [5.74, 6) is 1.09. The molecule has 0 N–H and O–H groups in total. The number of benzene rings is 1. The van der Waals surface area contributed by atoms with E-state index in [-0.39, 0.29) is 17.7 Å². The highest BCUT2D eigenvalue weighted by Crippen LogP contribution is 2.31. The van der Waals surface area contributed by atoms with Crippen molar-refractivity contribution in [1.29, 1.82) is 0 Å². The minimum absolute atomic E-state index is 0.0149. The summed E-state index contributed by atoms with van der Waals surface area (Å²) >= 11 is 1.60. The van der Waals surface area contributed by atoms with Crippen molar-refractivity contribution in [2.24, 2.45) is 0 Å². The van der Waals surface area contributed by atoms with Crippen molar-refractivity contribution in [2.45, 2.75) is 49.4 Å². The third-order valence-electron chi connectivity index (χ3n) is 6.65. The molecule has 1 atom stereocenters. The van der Waals surface area contributed by atoms with Gasteiger partial charge < -0.3 is 9.80 Å². The van der Waals surface area contributed by atoms with Crippen molar-refractivity contribution in [3.8, 4) is 0 Å². The van der Waals surface area contributed by atoms with Gasteiger partial charge >= 0.3 is 0 Å². The van der Waals surface area contributed by atoms with Crippen LogP contribution >= 0.6 is 11.8 Å². The Morgan fingerprint density at radius 2 is 2.06 bits per heavy atom. The van der Waals surface area contributed by atoms with Gasteiger partial charge in [-0.15, -0.1) is 0 Å². The maximum absolute atomic E-state index is 13.4. The second kappa shape index (κ2) is 10.6. The molecule has 2 fully saturated rings. The van der Waals surface area contributed by atoms with Gasteiger partial charge in [0.15, 0.2) is 5.16 Å². The molecule has 5 rings (SSSR count). The summed E-state index contributed by atoms with van der Waals surface area (Å²) < 4.78 is 0. The fourth-order valence-electron chi connectivity index (χ4n) is 4.85. The number of likely N-dealkylation sites (tertiary alicyclic amines) is 1. The van der Waals surface area contributed by atoms with Gasteiger partial charge in [-0.1, -0.05) is 23.9 Å². The zero-order valence-corrected chi connectivity index (χ0v) is 20.7. The molecule has 4 heterocycles. The summed E-state index contributed by atoms with van der Waals surface area (Å²) in [6.45, 7) is 4.13. The molecule has 0 saturated carbocycles. The molecule has 180 valence electrons. The van der Waals surface area contributed by atoms with Crippen LogP contribution in [0.2, 0.25) is 0 Å². The average Bonchev–Trinajstić information content (AvgIpc) is 3.34. The molecule has 0 spiro atoms. The number of carbonyl (C=O) groups excluding carboxylic acids is 2. The molecule has 2 amide bonds. The number of nitrogens with zero attached hydrogens (tertiary/aromatic N) is 5. The second-order valence-electron chi connectivity index (χ2n) is 9.16. The van der Waals surface area contributed by atoms with Crippen LogP contribution in [0.5, 0.6) is 0 Å². The standard InChI is InChI=1S/C27H29N5O2S/c1-19-15-29-27(35-18-20-6-3-11-28-16-20)30-25(19)22-8-4-12-31(17-22)26(34)21-7-2-9-23(14-21)32-13-5-10-24(32)33/h2-3,6-7,9,11,14-16,22H,4-5,8,10,12-13,17-18H2,1H3/t22-/m1/s1. The number of anilines is 1. The Hall–Kier alpha value is -3.26. The number of aromatic nitrogens is 3. The van der Waals surface area contributed by atoms with Crippen LogP contribution in [0.3, 0.4) is 0 Å². The molecule has 3 aromatic rings. The van der Waals surface area contributed by atoms with Gasteiger partial charge in [0.2, 0.25) is 5.91 Å². The zero-order chi connectivity index (χ0) is 24.2. The predicted molar refractivity (Wildman–Crippen MR) is 136 cm³/mol. The molecule has 2 aromatic heterocycles. The normalized spacial score (nSPS) is 18.2. The largest absolute Gasteiger partial charge is 0.338 e. The van der Waals surface area contributed by atoms with E-state index in [4.69, 9.17) is 4.98 Å². The topological polar surface area (TPSA) is 79.3 Å². The molecule has 2 saturated heterocycles. The van der Waals surface area contributed by atoms with Crippen LogP contribution in [-0.4, -0.2) is 51.3 Å². The number of pyridine rings is 1. The molecular weight excluding hydrogens is 458 g/mol. The van der Waals surface area contributed by atoms with E-state index in [0.717, 1.165) is 65.8 Å². The molecule has 1 aromatic carbocycles. The fraction of sp³-hybridized carbons (Fsp3) is 0.370. The molecule has 0 radical (unpaired) electrons. The Kier molecular flexibility index (Phi) is 7.08. The Morgan fingerprint density at radius 3 is 2.86 bits per heavy atom. The van der Waals surface area contributed by atoms with E-state index in [0.29, 0.717) is 18.5 Å². The van der Waals surface area contributed by atoms with Gasteiger partial charge in [-0.05, 0) is 61.6 Å². The number of hydrogen-bond acceptors (Lipinski definition) is 6. The second-order valence-corrected chi connectivity index (χ2v) is 10.1. The molecule has 0 unspecified atom stereocenters. The summed E-state index contributed by atoms with van der Waals surface area (Å²) in [5.41, 5.74) is 4.67. The highest BCUT2D eigenvalue weighted by molar-refractivity contribution is 7.98. The minimum Gasteiger partial charge on any atom is -0.338 e. The third kappa shape index (κ3) is 5.37. The molecule has 0 aliphatic carbocycles. The van der Waals surface area contributed by atoms with E-state index in [2.05, 4.69) is 9.97 Å². The maximum Gasteiger partial charge on any atom is 0.253 e. The van der Waals surface area contributed by atoms with Crippen molar-refractivity contribution in [2.75, 3.05) is 24.5 Å². The Labute approximate surface area is 210 Å². The summed E-state index contributed by atoms with van der Waals surface area (Å²) in [7, 11) is 0. The van der Waals surface area contributed by atoms with E-state index in [1.54, 1.807) is 22.9 Å². The number of rotatable bonds is 6. The molecule has 0 bridgehead atoms. The molecule has 7 nitrogen and oxygen atoms in total. The van der Waals surface area contributed by atoms with Crippen molar-refractivity contribution in [1.82, 2.24) is 19.9 Å². The quantitative estimate of drug-likeness (QED) is 0.373. The van der Waals surface area contributed by atoms with Gasteiger partial charge in [0, 0.05) is 67.6 Å². The third-order valence-corrected chi connectivity index (χ3v) is 7.59. The number of piperidine rings is 1. The Morgan fingerprint density at radius 1 is 1.14 bits per heavy atom. The highest BCUT2D eigenvalue weighted by atomic mass is 32.2. The van der Waals surface area contributed by atoms with Crippen LogP contribution in [0.15, 0.2) is 60.1 Å². The first kappa shape index (κ1) is 23.5. The van der Waals surface area contributed by atoms with Crippen LogP contribution in [-0.2, 0) is 10.5 Å². The number of amides is 2. The zero-order valence-electron chi connectivity index (χ0n) is 19.9. The lowest BCUT2D eigenvalue weighted by atomic mass is 9.92.